The first kappa shape index (κ1) is 31.5. The maximum atomic E-state index is 14.1. The average Bonchev–Trinajstić information content (AvgIpc) is 3.69. The first-order chi connectivity index (χ1) is 22.2. The molecule has 6 rings (SSSR count). The maximum Gasteiger partial charge on any atom is 0.344 e. The van der Waals surface area contributed by atoms with Crippen LogP contribution in [-0.4, -0.2) is 90.0 Å². The fourth-order valence-corrected chi connectivity index (χ4v) is 8.09. The molecule has 2 atom stereocenters. The number of ether oxygens (including phenoxy) is 1. The van der Waals surface area contributed by atoms with E-state index >= 15 is 0 Å². The number of hydrogen-bond donors (Lipinski definition) is 0. The fraction of sp³-hybridized carbons (Fsp3) is 0.382. The number of rotatable bonds is 9. The molecule has 46 heavy (non-hydrogen) atoms. The predicted octanol–water partition coefficient (Wildman–Crippen LogP) is 3.29. The van der Waals surface area contributed by atoms with Crippen molar-refractivity contribution in [2.24, 2.45) is 0 Å². The molecule has 0 spiro atoms. The van der Waals surface area contributed by atoms with E-state index in [1.807, 2.05) is 13.0 Å². The van der Waals surface area contributed by atoms with Gasteiger partial charge in [0.1, 0.15) is 11.8 Å². The van der Waals surface area contributed by atoms with Crippen molar-refractivity contribution in [1.29, 1.82) is 5.26 Å². The third-order valence-electron chi connectivity index (χ3n) is 9.19. The Labute approximate surface area is 268 Å². The van der Waals surface area contributed by atoms with Crippen molar-refractivity contribution in [3.8, 4) is 11.8 Å². The standard InChI is InChI=1S/C34H38N6O5S/c1-3-30(33(41)38-16-15-27(24-38)37-19-17-36(18-20-37)23-25-7-5-4-6-8-25)39-32-21-26(22-35)9-14-31(32)40(34(39)42)46(43,44)29-12-10-28(45-2)11-13-29/h4-14,21,27,30H,3,15-20,23-24H2,1-2H3/t27-,30?/m0/s1. The largest absolute Gasteiger partial charge is 0.497 e. The van der Waals surface area contributed by atoms with Crippen molar-refractivity contribution in [2.45, 2.75) is 43.3 Å². The van der Waals surface area contributed by atoms with Crippen molar-refractivity contribution < 1.29 is 17.9 Å². The molecule has 0 saturated carbocycles. The molecule has 0 aliphatic carbocycles. The quantitative estimate of drug-likeness (QED) is 0.273. The molecule has 11 nitrogen and oxygen atoms in total. The zero-order valence-corrected chi connectivity index (χ0v) is 26.9. The summed E-state index contributed by atoms with van der Waals surface area (Å²) in [6, 6.07) is 22.0. The number of benzene rings is 3. The summed E-state index contributed by atoms with van der Waals surface area (Å²) in [5.74, 6) is 0.250. The minimum absolute atomic E-state index is 0.0931. The Hall–Kier alpha value is -4.44. The maximum absolute atomic E-state index is 14.1. The Morgan fingerprint density at radius 3 is 2.35 bits per heavy atom. The first-order valence-corrected chi connectivity index (χ1v) is 17.0. The highest BCUT2D eigenvalue weighted by Gasteiger charge is 2.37. The summed E-state index contributed by atoms with van der Waals surface area (Å²) in [6.07, 6.45) is 1.11. The summed E-state index contributed by atoms with van der Waals surface area (Å²) in [4.78, 5) is 34.8. The molecule has 2 aliphatic rings. The molecule has 1 unspecified atom stereocenters. The van der Waals surface area contributed by atoms with Gasteiger partial charge in [-0.05, 0) is 60.9 Å². The number of imidazole rings is 1. The number of likely N-dealkylation sites (tertiary alicyclic amines) is 1. The molecule has 0 bridgehead atoms. The Morgan fingerprint density at radius 1 is 0.978 bits per heavy atom. The van der Waals surface area contributed by atoms with Crippen molar-refractivity contribution in [3.05, 3.63) is 94.4 Å². The number of amides is 1. The van der Waals surface area contributed by atoms with E-state index in [-0.39, 0.29) is 39.9 Å². The summed E-state index contributed by atoms with van der Waals surface area (Å²) in [5.41, 5.74) is 1.06. The topological polar surface area (TPSA) is 121 Å². The van der Waals surface area contributed by atoms with Crippen LogP contribution in [0.2, 0.25) is 0 Å². The van der Waals surface area contributed by atoms with Gasteiger partial charge in [-0.25, -0.2) is 13.2 Å². The highest BCUT2D eigenvalue weighted by Crippen LogP contribution is 2.28. The molecular formula is C34H38N6O5S. The molecule has 240 valence electrons. The van der Waals surface area contributed by atoms with Gasteiger partial charge in [0.25, 0.3) is 10.0 Å². The second kappa shape index (κ2) is 13.1. The molecule has 2 saturated heterocycles. The SMILES string of the molecule is CCC(C(=O)N1CC[C@H](N2CCN(Cc3ccccc3)CC2)C1)n1c(=O)n(S(=O)(=O)c2ccc(OC)cc2)c2ccc(C#N)cc21. The lowest BCUT2D eigenvalue weighted by Crippen LogP contribution is -2.51. The minimum atomic E-state index is -4.35. The molecule has 0 N–H and O–H groups in total. The van der Waals surface area contributed by atoms with Gasteiger partial charge in [-0.15, -0.1) is 0 Å². The van der Waals surface area contributed by atoms with Crippen LogP contribution in [0.25, 0.3) is 11.0 Å². The van der Waals surface area contributed by atoms with Crippen LogP contribution in [0.4, 0.5) is 0 Å². The van der Waals surface area contributed by atoms with E-state index in [2.05, 4.69) is 40.1 Å². The number of piperazine rings is 1. The van der Waals surface area contributed by atoms with Crippen LogP contribution in [0.5, 0.6) is 5.75 Å². The number of carbonyl (C=O) groups excluding carboxylic acids is 1. The highest BCUT2D eigenvalue weighted by molar-refractivity contribution is 7.90. The summed E-state index contributed by atoms with van der Waals surface area (Å²) in [5, 5.41) is 9.61. The molecule has 1 amide bonds. The molecule has 3 aromatic carbocycles. The molecule has 2 aliphatic heterocycles. The number of fused-ring (bicyclic) bond motifs is 1. The first-order valence-electron chi connectivity index (χ1n) is 15.6. The number of hydrogen-bond acceptors (Lipinski definition) is 8. The van der Waals surface area contributed by atoms with Crippen molar-refractivity contribution in [3.63, 3.8) is 0 Å². The third kappa shape index (κ3) is 5.93. The van der Waals surface area contributed by atoms with Crippen LogP contribution < -0.4 is 10.4 Å². The molecule has 0 radical (unpaired) electrons. The van der Waals surface area contributed by atoms with E-state index in [0.29, 0.717) is 18.8 Å². The van der Waals surface area contributed by atoms with Gasteiger partial charge in [0.2, 0.25) is 5.91 Å². The fourth-order valence-electron chi connectivity index (χ4n) is 6.69. The normalized spacial score (nSPS) is 18.5. The van der Waals surface area contributed by atoms with Crippen LogP contribution >= 0.6 is 0 Å². The number of aromatic nitrogens is 2. The van der Waals surface area contributed by atoms with Gasteiger partial charge < -0.3 is 9.64 Å². The summed E-state index contributed by atoms with van der Waals surface area (Å²) in [7, 11) is -2.87. The minimum Gasteiger partial charge on any atom is -0.497 e. The van der Waals surface area contributed by atoms with Crippen LogP contribution in [0, 0.1) is 11.3 Å². The molecule has 3 heterocycles. The third-order valence-corrected chi connectivity index (χ3v) is 10.9. The molecule has 12 heteroatoms. The molecular weight excluding hydrogens is 604 g/mol. The summed E-state index contributed by atoms with van der Waals surface area (Å²) >= 11 is 0. The lowest BCUT2D eigenvalue weighted by Gasteiger charge is -2.38. The van der Waals surface area contributed by atoms with E-state index < -0.39 is 21.8 Å². The molecule has 4 aromatic rings. The lowest BCUT2D eigenvalue weighted by atomic mass is 10.1. The second-order valence-corrected chi connectivity index (χ2v) is 13.6. The number of methoxy groups -OCH3 is 1. The van der Waals surface area contributed by atoms with E-state index in [0.717, 1.165) is 43.1 Å². The number of nitrogens with zero attached hydrogens (tertiary/aromatic N) is 6. The summed E-state index contributed by atoms with van der Waals surface area (Å²) < 4.78 is 34.9. The van der Waals surface area contributed by atoms with Gasteiger partial charge in [-0.1, -0.05) is 37.3 Å². The smallest absolute Gasteiger partial charge is 0.344 e. The Morgan fingerprint density at radius 2 is 1.70 bits per heavy atom. The number of carbonyl (C=O) groups is 1. The monoisotopic (exact) mass is 642 g/mol. The zero-order valence-electron chi connectivity index (χ0n) is 26.1. The van der Waals surface area contributed by atoms with E-state index in [9.17, 15) is 23.3 Å². The van der Waals surface area contributed by atoms with Crippen LogP contribution in [0.1, 0.15) is 36.9 Å². The number of nitriles is 1. The van der Waals surface area contributed by atoms with Gasteiger partial charge in [-0.3, -0.25) is 19.2 Å². The van der Waals surface area contributed by atoms with Gasteiger partial charge in [-0.2, -0.15) is 9.23 Å². The zero-order chi connectivity index (χ0) is 32.4. The Kier molecular flexibility index (Phi) is 8.99. The van der Waals surface area contributed by atoms with Crippen molar-refractivity contribution in [1.82, 2.24) is 23.2 Å². The summed E-state index contributed by atoms with van der Waals surface area (Å²) in [6.45, 7) is 7.59. The van der Waals surface area contributed by atoms with Crippen LogP contribution in [0.3, 0.4) is 0 Å². The van der Waals surface area contributed by atoms with E-state index in [1.54, 1.807) is 4.90 Å². The van der Waals surface area contributed by atoms with E-state index in [1.165, 1.54) is 59.7 Å². The van der Waals surface area contributed by atoms with Gasteiger partial charge in [0, 0.05) is 51.9 Å². The van der Waals surface area contributed by atoms with Crippen LogP contribution in [-0.2, 0) is 21.4 Å². The lowest BCUT2D eigenvalue weighted by molar-refractivity contribution is -0.134. The van der Waals surface area contributed by atoms with Gasteiger partial charge in [0.15, 0.2) is 0 Å². The average molecular weight is 643 g/mol. The van der Waals surface area contributed by atoms with Crippen LogP contribution in [0.15, 0.2) is 82.5 Å². The Bertz CT molecular complexity index is 1920. The van der Waals surface area contributed by atoms with E-state index in [4.69, 9.17) is 4.74 Å². The predicted molar refractivity (Wildman–Crippen MR) is 174 cm³/mol. The van der Waals surface area contributed by atoms with Crippen molar-refractivity contribution in [2.75, 3.05) is 46.4 Å². The van der Waals surface area contributed by atoms with Gasteiger partial charge >= 0.3 is 5.69 Å². The highest BCUT2D eigenvalue weighted by atomic mass is 32.2. The molecule has 2 fully saturated rings. The van der Waals surface area contributed by atoms with Crippen molar-refractivity contribution >= 4 is 27.0 Å². The second-order valence-electron chi connectivity index (χ2n) is 11.9. The molecule has 1 aromatic heterocycles. The Balaban J connectivity index is 1.24. The van der Waals surface area contributed by atoms with Gasteiger partial charge in [0.05, 0.1) is 34.7 Å².